The van der Waals surface area contributed by atoms with Gasteiger partial charge in [0.2, 0.25) is 0 Å². The second kappa shape index (κ2) is 6.45. The van der Waals surface area contributed by atoms with Gasteiger partial charge in [-0.25, -0.2) is 4.98 Å². The lowest BCUT2D eigenvalue weighted by atomic mass is 10.0. The number of fused-ring (bicyclic) bond motifs is 1. The molecule has 7 nitrogen and oxygen atoms in total. The van der Waals surface area contributed by atoms with E-state index in [1.807, 2.05) is 24.1 Å². The molecule has 0 aromatic carbocycles. The Morgan fingerprint density at radius 1 is 1.54 bits per heavy atom. The molecule has 3 heterocycles. The van der Waals surface area contributed by atoms with Crippen LogP contribution in [0.15, 0.2) is 24.4 Å². The van der Waals surface area contributed by atoms with E-state index in [2.05, 4.69) is 4.98 Å². The Morgan fingerprint density at radius 3 is 2.92 bits per heavy atom. The Morgan fingerprint density at radius 2 is 2.33 bits per heavy atom. The second-order valence-corrected chi connectivity index (χ2v) is 5.86. The molecular weight excluding hydrogens is 306 g/mol. The summed E-state index contributed by atoms with van der Waals surface area (Å²) in [6.45, 7) is 1.31. The van der Waals surface area contributed by atoms with Gasteiger partial charge in [-0.3, -0.25) is 4.79 Å². The van der Waals surface area contributed by atoms with Crippen molar-refractivity contribution in [2.45, 2.75) is 12.5 Å². The standard InChI is InChI=1S/C17H21N5O2/c1-21-15(17(23)22-6-5-13(22)10-24-2)7-11-3-4-14(20-16(11)21)12(8-18)9-19/h3-4,7-9,13,18H,5-6,10,19H2,1-2H3/b12-9+,18-8?. The van der Waals surface area contributed by atoms with E-state index in [-0.39, 0.29) is 11.9 Å². The van der Waals surface area contributed by atoms with Gasteiger partial charge >= 0.3 is 0 Å². The number of nitrogens with two attached hydrogens (primary N) is 1. The molecule has 0 aliphatic carbocycles. The molecule has 1 aliphatic heterocycles. The van der Waals surface area contributed by atoms with Gasteiger partial charge in [0.25, 0.3) is 5.91 Å². The summed E-state index contributed by atoms with van der Waals surface area (Å²) in [7, 11) is 3.48. The van der Waals surface area contributed by atoms with Crippen molar-refractivity contribution < 1.29 is 9.53 Å². The molecule has 1 saturated heterocycles. The first kappa shape index (κ1) is 16.2. The molecule has 1 fully saturated rings. The highest BCUT2D eigenvalue weighted by Gasteiger charge is 2.34. The van der Waals surface area contributed by atoms with Gasteiger partial charge in [0, 0.05) is 44.1 Å². The number of amides is 1. The number of methoxy groups -OCH3 is 1. The predicted octanol–water partition coefficient (Wildman–Crippen LogP) is 1.38. The van der Waals surface area contributed by atoms with Gasteiger partial charge in [-0.2, -0.15) is 0 Å². The first-order chi connectivity index (χ1) is 11.6. The van der Waals surface area contributed by atoms with Crippen LogP contribution in [0, 0.1) is 5.41 Å². The number of aromatic nitrogens is 2. The number of hydrogen-bond donors (Lipinski definition) is 2. The number of carbonyl (C=O) groups excluding carboxylic acids is 1. The van der Waals surface area contributed by atoms with E-state index in [0.717, 1.165) is 18.4 Å². The average Bonchev–Trinajstić information content (AvgIpc) is 2.89. The fraction of sp³-hybridized carbons (Fsp3) is 0.353. The van der Waals surface area contributed by atoms with Crippen molar-refractivity contribution in [3.05, 3.63) is 35.8 Å². The number of allylic oxidation sites excluding steroid dienone is 1. The summed E-state index contributed by atoms with van der Waals surface area (Å²) in [6, 6.07) is 5.70. The Balaban J connectivity index is 1.97. The molecule has 0 spiro atoms. The number of carbonyl (C=O) groups is 1. The third-order valence-electron chi connectivity index (χ3n) is 4.49. The number of likely N-dealkylation sites (tertiary alicyclic amines) is 1. The zero-order chi connectivity index (χ0) is 17.3. The molecule has 24 heavy (non-hydrogen) atoms. The summed E-state index contributed by atoms with van der Waals surface area (Å²) in [5.41, 5.74) is 7.97. The Hall–Kier alpha value is -2.67. The summed E-state index contributed by atoms with van der Waals surface area (Å²) in [5.74, 6) is -0.00741. The van der Waals surface area contributed by atoms with Crippen molar-refractivity contribution in [2.75, 3.05) is 20.3 Å². The van der Waals surface area contributed by atoms with E-state index in [1.165, 1.54) is 12.4 Å². The molecule has 1 aliphatic rings. The summed E-state index contributed by atoms with van der Waals surface area (Å²) >= 11 is 0. The lowest BCUT2D eigenvalue weighted by Gasteiger charge is -2.40. The van der Waals surface area contributed by atoms with Gasteiger partial charge in [-0.05, 0) is 24.6 Å². The second-order valence-electron chi connectivity index (χ2n) is 5.86. The largest absolute Gasteiger partial charge is 0.404 e. The van der Waals surface area contributed by atoms with E-state index >= 15 is 0 Å². The van der Waals surface area contributed by atoms with Crippen LogP contribution in [0.2, 0.25) is 0 Å². The summed E-state index contributed by atoms with van der Waals surface area (Å²) in [6.07, 6.45) is 3.49. The lowest BCUT2D eigenvalue weighted by molar-refractivity contribution is 0.0194. The SMILES string of the molecule is COCC1CCN1C(=O)c1cc2ccc(/C(C=N)=C/N)nc2n1C. The van der Waals surface area contributed by atoms with Crippen molar-refractivity contribution in [3.63, 3.8) is 0 Å². The van der Waals surface area contributed by atoms with Crippen molar-refractivity contribution >= 4 is 28.7 Å². The van der Waals surface area contributed by atoms with E-state index in [9.17, 15) is 4.79 Å². The Kier molecular flexibility index (Phi) is 4.35. The molecule has 2 aromatic rings. The minimum absolute atomic E-state index is 0.00741. The molecule has 1 amide bonds. The van der Waals surface area contributed by atoms with E-state index in [0.29, 0.717) is 29.2 Å². The van der Waals surface area contributed by atoms with Gasteiger partial charge in [-0.1, -0.05) is 0 Å². The molecular formula is C17H21N5O2. The van der Waals surface area contributed by atoms with Crippen LogP contribution >= 0.6 is 0 Å². The smallest absolute Gasteiger partial charge is 0.270 e. The molecule has 1 atom stereocenters. The van der Waals surface area contributed by atoms with Gasteiger partial charge in [-0.15, -0.1) is 0 Å². The third kappa shape index (κ3) is 2.56. The maximum absolute atomic E-state index is 12.8. The maximum atomic E-state index is 12.8. The van der Waals surface area contributed by atoms with Crippen LogP contribution in [0.1, 0.15) is 22.6 Å². The summed E-state index contributed by atoms with van der Waals surface area (Å²) in [5, 5.41) is 8.27. The van der Waals surface area contributed by atoms with Crippen LogP contribution in [-0.2, 0) is 11.8 Å². The molecule has 0 saturated carbocycles. The third-order valence-corrected chi connectivity index (χ3v) is 4.49. The van der Waals surface area contributed by atoms with Gasteiger partial charge < -0.3 is 25.3 Å². The molecule has 3 N–H and O–H groups in total. The summed E-state index contributed by atoms with van der Waals surface area (Å²) < 4.78 is 6.96. The average molecular weight is 327 g/mol. The molecule has 0 radical (unpaired) electrons. The van der Waals surface area contributed by atoms with E-state index in [4.69, 9.17) is 15.9 Å². The van der Waals surface area contributed by atoms with Crippen LogP contribution in [0.25, 0.3) is 16.6 Å². The number of aryl methyl sites for hydroxylation is 1. The van der Waals surface area contributed by atoms with E-state index in [1.54, 1.807) is 17.7 Å². The number of nitrogens with one attached hydrogen (secondary N) is 1. The topological polar surface area (TPSA) is 97.2 Å². The van der Waals surface area contributed by atoms with Crippen LogP contribution in [0.5, 0.6) is 0 Å². The normalized spacial score (nSPS) is 17.8. The van der Waals surface area contributed by atoms with Crippen molar-refractivity contribution in [2.24, 2.45) is 12.8 Å². The minimum Gasteiger partial charge on any atom is -0.404 e. The zero-order valence-corrected chi connectivity index (χ0v) is 13.8. The van der Waals surface area contributed by atoms with Crippen LogP contribution < -0.4 is 5.73 Å². The van der Waals surface area contributed by atoms with Gasteiger partial charge in [0.1, 0.15) is 11.3 Å². The lowest BCUT2D eigenvalue weighted by Crippen LogP contribution is -2.53. The molecule has 126 valence electrons. The quantitative estimate of drug-likeness (QED) is 0.811. The van der Waals surface area contributed by atoms with Crippen molar-refractivity contribution in [3.8, 4) is 0 Å². The van der Waals surface area contributed by atoms with Crippen LogP contribution in [-0.4, -0.2) is 52.9 Å². The highest BCUT2D eigenvalue weighted by molar-refractivity contribution is 6.08. The predicted molar refractivity (Wildman–Crippen MR) is 93.0 cm³/mol. The van der Waals surface area contributed by atoms with Crippen molar-refractivity contribution in [1.29, 1.82) is 5.41 Å². The number of rotatable bonds is 5. The highest BCUT2D eigenvalue weighted by Crippen LogP contribution is 2.25. The van der Waals surface area contributed by atoms with Gasteiger partial charge in [0.05, 0.1) is 18.3 Å². The number of hydrogen-bond acceptors (Lipinski definition) is 5. The first-order valence-corrected chi connectivity index (χ1v) is 7.79. The van der Waals surface area contributed by atoms with Crippen molar-refractivity contribution in [1.82, 2.24) is 14.5 Å². The molecule has 3 rings (SSSR count). The Labute approximate surface area is 140 Å². The number of pyridine rings is 1. The number of nitrogens with zero attached hydrogens (tertiary/aromatic N) is 3. The summed E-state index contributed by atoms with van der Waals surface area (Å²) in [4.78, 5) is 19.2. The maximum Gasteiger partial charge on any atom is 0.270 e. The molecule has 1 unspecified atom stereocenters. The highest BCUT2D eigenvalue weighted by atomic mass is 16.5. The Bertz CT molecular complexity index is 824. The van der Waals surface area contributed by atoms with Crippen LogP contribution in [0.4, 0.5) is 0 Å². The molecule has 2 aromatic heterocycles. The van der Waals surface area contributed by atoms with E-state index < -0.39 is 0 Å². The molecule has 0 bridgehead atoms. The fourth-order valence-electron chi connectivity index (χ4n) is 2.99. The fourth-order valence-corrected chi connectivity index (χ4v) is 2.99. The zero-order valence-electron chi connectivity index (χ0n) is 13.8. The minimum atomic E-state index is -0.00741. The van der Waals surface area contributed by atoms with Gasteiger partial charge in [0.15, 0.2) is 0 Å². The number of ether oxygens (including phenoxy) is 1. The molecule has 7 heteroatoms. The monoisotopic (exact) mass is 327 g/mol. The first-order valence-electron chi connectivity index (χ1n) is 7.79. The van der Waals surface area contributed by atoms with Crippen LogP contribution in [0.3, 0.4) is 0 Å².